The number of anilines is 1. The summed E-state index contributed by atoms with van der Waals surface area (Å²) in [7, 11) is 1.74. The van der Waals surface area contributed by atoms with Crippen LogP contribution < -0.4 is 5.32 Å². The average Bonchev–Trinajstić information content (AvgIpc) is 2.28. The van der Waals surface area contributed by atoms with Crippen LogP contribution in [0, 0.1) is 5.41 Å². The zero-order chi connectivity index (χ0) is 13.0. The first-order valence-electron chi connectivity index (χ1n) is 6.93. The van der Waals surface area contributed by atoms with Crippen molar-refractivity contribution >= 4 is 5.69 Å². The van der Waals surface area contributed by atoms with Crippen molar-refractivity contribution in [1.29, 1.82) is 0 Å². The van der Waals surface area contributed by atoms with Crippen molar-refractivity contribution in [1.82, 2.24) is 0 Å². The quantitative estimate of drug-likeness (QED) is 0.860. The monoisotopic (exact) mass is 247 g/mol. The third-order valence-corrected chi connectivity index (χ3v) is 3.81. The van der Waals surface area contributed by atoms with Crippen LogP contribution in [0.4, 0.5) is 5.69 Å². The molecule has 18 heavy (non-hydrogen) atoms. The average molecular weight is 247 g/mol. The van der Waals surface area contributed by atoms with Gasteiger partial charge in [0.15, 0.2) is 0 Å². The van der Waals surface area contributed by atoms with Crippen LogP contribution in [-0.2, 0) is 11.3 Å². The highest BCUT2D eigenvalue weighted by Gasteiger charge is 2.27. The predicted molar refractivity (Wildman–Crippen MR) is 76.8 cm³/mol. The van der Waals surface area contributed by atoms with E-state index in [2.05, 4.69) is 43.4 Å². The Kier molecular flexibility index (Phi) is 4.28. The van der Waals surface area contributed by atoms with E-state index in [4.69, 9.17) is 4.74 Å². The van der Waals surface area contributed by atoms with Gasteiger partial charge < -0.3 is 10.1 Å². The van der Waals surface area contributed by atoms with E-state index in [0.717, 1.165) is 0 Å². The first-order valence-corrected chi connectivity index (χ1v) is 6.93. The first kappa shape index (κ1) is 13.4. The summed E-state index contributed by atoms with van der Waals surface area (Å²) in [4.78, 5) is 0. The maximum Gasteiger partial charge on any atom is 0.0713 e. The minimum Gasteiger partial charge on any atom is -0.382 e. The van der Waals surface area contributed by atoms with E-state index in [1.54, 1.807) is 7.11 Å². The number of ether oxygens (including phenoxy) is 1. The van der Waals surface area contributed by atoms with Gasteiger partial charge in [0.25, 0.3) is 0 Å². The highest BCUT2D eigenvalue weighted by atomic mass is 16.5. The van der Waals surface area contributed by atoms with Gasteiger partial charge in [-0.1, -0.05) is 32.4 Å². The third-order valence-electron chi connectivity index (χ3n) is 3.81. The Bertz CT molecular complexity index is 386. The minimum atomic E-state index is 0.486. The molecule has 0 radical (unpaired) electrons. The lowest BCUT2D eigenvalue weighted by atomic mass is 9.75. The molecule has 100 valence electrons. The lowest BCUT2D eigenvalue weighted by molar-refractivity contribution is 0.185. The highest BCUT2D eigenvalue weighted by molar-refractivity contribution is 5.46. The summed E-state index contributed by atoms with van der Waals surface area (Å²) in [6, 6.07) is 9.18. The van der Waals surface area contributed by atoms with Crippen molar-refractivity contribution in [2.75, 3.05) is 12.4 Å². The van der Waals surface area contributed by atoms with Gasteiger partial charge in [0, 0.05) is 18.8 Å². The molecule has 1 fully saturated rings. The van der Waals surface area contributed by atoms with Crippen LogP contribution in [0.25, 0.3) is 0 Å². The second-order valence-electron chi connectivity index (χ2n) is 6.24. The van der Waals surface area contributed by atoms with E-state index in [1.807, 2.05) is 0 Å². The second kappa shape index (κ2) is 5.75. The Balaban J connectivity index is 1.98. The van der Waals surface area contributed by atoms with Crippen molar-refractivity contribution in [3.8, 4) is 0 Å². The lowest BCUT2D eigenvalue weighted by Crippen LogP contribution is -2.31. The lowest BCUT2D eigenvalue weighted by Gasteiger charge is -2.36. The fraction of sp³-hybridized carbons (Fsp3) is 0.625. The number of hydrogen-bond acceptors (Lipinski definition) is 2. The van der Waals surface area contributed by atoms with E-state index >= 15 is 0 Å². The normalized spacial score (nSPS) is 22.7. The first-order chi connectivity index (χ1) is 8.59. The van der Waals surface area contributed by atoms with Crippen molar-refractivity contribution in [2.24, 2.45) is 5.41 Å². The van der Waals surface area contributed by atoms with Crippen LogP contribution in [0.15, 0.2) is 24.3 Å². The molecule has 1 atom stereocenters. The Morgan fingerprint density at radius 3 is 2.94 bits per heavy atom. The van der Waals surface area contributed by atoms with Crippen LogP contribution in [0.3, 0.4) is 0 Å². The molecule has 1 aromatic rings. The Labute approximate surface area is 111 Å². The zero-order valence-electron chi connectivity index (χ0n) is 11.8. The molecule has 0 spiro atoms. The predicted octanol–water partition coefficient (Wildman–Crippen LogP) is 4.21. The van der Waals surface area contributed by atoms with Gasteiger partial charge in [-0.15, -0.1) is 0 Å². The molecular weight excluding hydrogens is 222 g/mol. The molecule has 1 aliphatic rings. The third kappa shape index (κ3) is 3.74. The van der Waals surface area contributed by atoms with E-state index < -0.39 is 0 Å². The van der Waals surface area contributed by atoms with Crippen LogP contribution >= 0.6 is 0 Å². The second-order valence-corrected chi connectivity index (χ2v) is 6.24. The summed E-state index contributed by atoms with van der Waals surface area (Å²) in [5.41, 5.74) is 2.95. The smallest absolute Gasteiger partial charge is 0.0713 e. The number of benzene rings is 1. The molecule has 1 saturated carbocycles. The molecule has 0 bridgehead atoms. The van der Waals surface area contributed by atoms with Gasteiger partial charge in [-0.3, -0.25) is 0 Å². The zero-order valence-corrected chi connectivity index (χ0v) is 11.8. The number of nitrogens with one attached hydrogen (secondary N) is 1. The minimum absolute atomic E-state index is 0.486. The van der Waals surface area contributed by atoms with Crippen LogP contribution in [0.5, 0.6) is 0 Å². The molecule has 2 heteroatoms. The molecule has 1 unspecified atom stereocenters. The summed E-state index contributed by atoms with van der Waals surface area (Å²) < 4.78 is 5.18. The molecule has 1 N–H and O–H groups in total. The van der Waals surface area contributed by atoms with Gasteiger partial charge in [-0.2, -0.15) is 0 Å². The molecule has 1 aliphatic carbocycles. The summed E-state index contributed by atoms with van der Waals surface area (Å²) in [5.74, 6) is 0. The fourth-order valence-electron chi connectivity index (χ4n) is 2.97. The number of rotatable bonds is 4. The van der Waals surface area contributed by atoms with Crippen LogP contribution in [0.1, 0.15) is 45.1 Å². The molecular formula is C16H25NO. The van der Waals surface area contributed by atoms with Gasteiger partial charge in [-0.25, -0.2) is 0 Å². The number of methoxy groups -OCH3 is 1. The van der Waals surface area contributed by atoms with E-state index in [1.165, 1.54) is 36.9 Å². The van der Waals surface area contributed by atoms with Gasteiger partial charge in [0.1, 0.15) is 0 Å². The van der Waals surface area contributed by atoms with Crippen molar-refractivity contribution < 1.29 is 4.74 Å². The Morgan fingerprint density at radius 1 is 1.39 bits per heavy atom. The molecule has 0 aromatic heterocycles. The maximum atomic E-state index is 5.18. The number of hydrogen-bond donors (Lipinski definition) is 1. The van der Waals surface area contributed by atoms with E-state index in [0.29, 0.717) is 18.1 Å². The summed E-state index contributed by atoms with van der Waals surface area (Å²) in [6.45, 7) is 5.44. The highest BCUT2D eigenvalue weighted by Crippen LogP contribution is 2.36. The summed E-state index contributed by atoms with van der Waals surface area (Å²) >= 11 is 0. The molecule has 0 amide bonds. The van der Waals surface area contributed by atoms with E-state index in [-0.39, 0.29) is 0 Å². The Morgan fingerprint density at radius 2 is 2.22 bits per heavy atom. The Hall–Kier alpha value is -1.02. The van der Waals surface area contributed by atoms with Crippen molar-refractivity contribution in [3.05, 3.63) is 29.8 Å². The molecule has 0 aliphatic heterocycles. The fourth-order valence-corrected chi connectivity index (χ4v) is 2.97. The molecule has 0 saturated heterocycles. The van der Waals surface area contributed by atoms with Gasteiger partial charge in [-0.05, 0) is 42.4 Å². The van der Waals surface area contributed by atoms with E-state index in [9.17, 15) is 0 Å². The molecule has 2 rings (SSSR count). The van der Waals surface area contributed by atoms with Gasteiger partial charge in [0.05, 0.1) is 6.61 Å². The summed E-state index contributed by atoms with van der Waals surface area (Å²) in [5, 5.41) is 3.68. The summed E-state index contributed by atoms with van der Waals surface area (Å²) in [6.07, 6.45) is 5.25. The van der Waals surface area contributed by atoms with Crippen LogP contribution in [-0.4, -0.2) is 13.2 Å². The molecule has 0 heterocycles. The molecule has 1 aromatic carbocycles. The van der Waals surface area contributed by atoms with Crippen molar-refractivity contribution in [3.63, 3.8) is 0 Å². The van der Waals surface area contributed by atoms with Gasteiger partial charge >= 0.3 is 0 Å². The van der Waals surface area contributed by atoms with Crippen LogP contribution in [0.2, 0.25) is 0 Å². The standard InChI is InChI=1S/C16H25NO/c1-16(2)9-5-8-15(11-16)17-14-7-4-6-13(10-14)12-18-3/h4,6-7,10,15,17H,5,8-9,11-12H2,1-3H3. The van der Waals surface area contributed by atoms with Gasteiger partial charge in [0.2, 0.25) is 0 Å². The topological polar surface area (TPSA) is 21.3 Å². The van der Waals surface area contributed by atoms with Crippen molar-refractivity contribution in [2.45, 2.75) is 52.2 Å². The molecule has 2 nitrogen and oxygen atoms in total. The maximum absolute atomic E-state index is 5.18. The SMILES string of the molecule is COCc1cccc(NC2CCCC(C)(C)C2)c1. The largest absolute Gasteiger partial charge is 0.382 e.